The monoisotopic (exact) mass is 280 g/mol. The first-order valence-corrected chi connectivity index (χ1v) is 9.15. The molecule has 2 nitrogen and oxygen atoms in total. The zero-order chi connectivity index (χ0) is 14.5. The van der Waals surface area contributed by atoms with E-state index in [-0.39, 0.29) is 0 Å². The van der Waals surface area contributed by atoms with Crippen molar-refractivity contribution in [3.05, 3.63) is 0 Å². The van der Waals surface area contributed by atoms with Gasteiger partial charge in [0, 0.05) is 12.1 Å². The molecule has 0 heterocycles. The number of hydrazine groups is 1. The van der Waals surface area contributed by atoms with Crippen molar-refractivity contribution >= 4 is 0 Å². The van der Waals surface area contributed by atoms with Gasteiger partial charge >= 0.3 is 0 Å². The maximum atomic E-state index is 3.70. The maximum absolute atomic E-state index is 3.70. The molecule has 0 aromatic carbocycles. The van der Waals surface area contributed by atoms with Gasteiger partial charge in [-0.15, -0.1) is 0 Å². The van der Waals surface area contributed by atoms with Crippen LogP contribution in [-0.4, -0.2) is 12.1 Å². The molecule has 20 heavy (non-hydrogen) atoms. The van der Waals surface area contributed by atoms with E-state index in [0.717, 1.165) is 23.7 Å². The molecule has 2 N–H and O–H groups in total. The third-order valence-electron chi connectivity index (χ3n) is 6.16. The molecule has 0 aliphatic heterocycles. The van der Waals surface area contributed by atoms with Gasteiger partial charge in [-0.25, -0.2) is 0 Å². The predicted molar refractivity (Wildman–Crippen MR) is 87.4 cm³/mol. The van der Waals surface area contributed by atoms with E-state index in [1.807, 2.05) is 0 Å². The zero-order valence-electron chi connectivity index (χ0n) is 14.1. The molecule has 6 atom stereocenters. The minimum Gasteiger partial charge on any atom is -0.254 e. The molecule has 2 saturated carbocycles. The van der Waals surface area contributed by atoms with E-state index in [1.54, 1.807) is 0 Å². The Morgan fingerprint density at radius 1 is 0.700 bits per heavy atom. The van der Waals surface area contributed by atoms with E-state index >= 15 is 0 Å². The van der Waals surface area contributed by atoms with Crippen LogP contribution in [0.2, 0.25) is 0 Å². The number of rotatable bonds is 5. The molecule has 0 bridgehead atoms. The smallest absolute Gasteiger partial charge is 0.0238 e. The minimum atomic E-state index is 0.689. The van der Waals surface area contributed by atoms with Gasteiger partial charge in [0.05, 0.1) is 0 Å². The van der Waals surface area contributed by atoms with Crippen molar-refractivity contribution in [2.75, 3.05) is 0 Å². The van der Waals surface area contributed by atoms with E-state index < -0.39 is 0 Å². The van der Waals surface area contributed by atoms with Gasteiger partial charge in [-0.05, 0) is 62.2 Å². The third-order valence-corrected chi connectivity index (χ3v) is 6.16. The Hall–Kier alpha value is -0.0800. The summed E-state index contributed by atoms with van der Waals surface area (Å²) in [5, 5.41) is 0. The second kappa shape index (κ2) is 7.79. The summed E-state index contributed by atoms with van der Waals surface area (Å²) in [6.45, 7) is 9.55. The second-order valence-corrected chi connectivity index (χ2v) is 7.63. The topological polar surface area (TPSA) is 24.1 Å². The van der Waals surface area contributed by atoms with Crippen molar-refractivity contribution in [2.24, 2.45) is 23.7 Å². The number of nitrogens with one attached hydrogen (secondary N) is 2. The Bertz CT molecular complexity index is 251. The molecule has 2 fully saturated rings. The van der Waals surface area contributed by atoms with Crippen molar-refractivity contribution < 1.29 is 0 Å². The lowest BCUT2D eigenvalue weighted by Gasteiger charge is -2.39. The third kappa shape index (κ3) is 4.21. The van der Waals surface area contributed by atoms with E-state index in [9.17, 15) is 0 Å². The highest BCUT2D eigenvalue weighted by molar-refractivity contribution is 4.85. The second-order valence-electron chi connectivity index (χ2n) is 7.63. The molecule has 2 aliphatic carbocycles. The highest BCUT2D eigenvalue weighted by Gasteiger charge is 2.29. The van der Waals surface area contributed by atoms with Crippen molar-refractivity contribution in [1.82, 2.24) is 10.9 Å². The van der Waals surface area contributed by atoms with E-state index in [1.165, 1.54) is 51.4 Å². The fourth-order valence-electron chi connectivity index (χ4n) is 4.40. The minimum absolute atomic E-state index is 0.689. The highest BCUT2D eigenvalue weighted by atomic mass is 15.4. The van der Waals surface area contributed by atoms with Crippen molar-refractivity contribution in [1.29, 1.82) is 0 Å². The molecular weight excluding hydrogens is 244 g/mol. The molecule has 0 aromatic rings. The number of hydrogen-bond acceptors (Lipinski definition) is 2. The molecule has 2 rings (SSSR count). The lowest BCUT2D eigenvalue weighted by Crippen LogP contribution is -2.53. The van der Waals surface area contributed by atoms with Crippen LogP contribution in [-0.2, 0) is 0 Å². The zero-order valence-corrected chi connectivity index (χ0v) is 14.1. The van der Waals surface area contributed by atoms with Gasteiger partial charge in [0.15, 0.2) is 0 Å². The fraction of sp³-hybridized carbons (Fsp3) is 1.00. The van der Waals surface area contributed by atoms with Crippen molar-refractivity contribution in [3.63, 3.8) is 0 Å². The summed E-state index contributed by atoms with van der Waals surface area (Å²) in [6.07, 6.45) is 11.1. The average Bonchev–Trinajstić information content (AvgIpc) is 2.46. The van der Waals surface area contributed by atoms with Crippen LogP contribution in [0.1, 0.15) is 79.1 Å². The summed E-state index contributed by atoms with van der Waals surface area (Å²) in [5.74, 6) is 3.59. The first-order valence-electron chi connectivity index (χ1n) is 9.15. The van der Waals surface area contributed by atoms with Gasteiger partial charge in [0.25, 0.3) is 0 Å². The van der Waals surface area contributed by atoms with Crippen molar-refractivity contribution in [2.45, 2.75) is 91.1 Å². The maximum Gasteiger partial charge on any atom is 0.0238 e. The molecular formula is C18H36N2. The van der Waals surface area contributed by atoms with Gasteiger partial charge in [-0.3, -0.25) is 10.9 Å². The summed E-state index contributed by atoms with van der Waals surface area (Å²) in [5.41, 5.74) is 7.40. The lowest BCUT2D eigenvalue weighted by molar-refractivity contribution is 0.152. The normalized spacial score (nSPS) is 42.6. The summed E-state index contributed by atoms with van der Waals surface area (Å²) in [4.78, 5) is 0. The molecule has 0 radical (unpaired) electrons. The van der Waals surface area contributed by atoms with Crippen LogP contribution in [0.3, 0.4) is 0 Å². The molecule has 118 valence electrons. The van der Waals surface area contributed by atoms with Gasteiger partial charge < -0.3 is 0 Å². The first kappa shape index (κ1) is 16.3. The van der Waals surface area contributed by atoms with Gasteiger partial charge in [0.1, 0.15) is 0 Å². The highest BCUT2D eigenvalue weighted by Crippen LogP contribution is 2.32. The quantitative estimate of drug-likeness (QED) is 0.724. The van der Waals surface area contributed by atoms with Crippen LogP contribution in [0.4, 0.5) is 0 Å². The van der Waals surface area contributed by atoms with Crippen molar-refractivity contribution in [3.8, 4) is 0 Å². The SMILES string of the molecule is CCC1CCC(NNC2CCC(CC)CC2C)C(C)C1. The van der Waals surface area contributed by atoms with Crippen LogP contribution in [0.25, 0.3) is 0 Å². The standard InChI is InChI=1S/C18H36N2/c1-5-15-7-9-17(13(3)11-15)19-20-18-10-8-16(6-2)12-14(18)4/h13-20H,5-12H2,1-4H3. The summed E-state index contributed by atoms with van der Waals surface area (Å²) >= 11 is 0. The molecule has 0 saturated heterocycles. The first-order chi connectivity index (χ1) is 9.63. The predicted octanol–water partition coefficient (Wildman–Crippen LogP) is 4.51. The van der Waals surface area contributed by atoms with Crippen LogP contribution in [0.5, 0.6) is 0 Å². The Morgan fingerprint density at radius 2 is 1.10 bits per heavy atom. The fourth-order valence-corrected chi connectivity index (χ4v) is 4.40. The Balaban J connectivity index is 1.72. The van der Waals surface area contributed by atoms with Crippen LogP contribution in [0, 0.1) is 23.7 Å². The molecule has 0 aromatic heterocycles. The van der Waals surface area contributed by atoms with Gasteiger partial charge in [0.2, 0.25) is 0 Å². The van der Waals surface area contributed by atoms with Gasteiger partial charge in [-0.1, -0.05) is 40.5 Å². The molecule has 6 unspecified atom stereocenters. The molecule has 2 aliphatic rings. The summed E-state index contributed by atoms with van der Waals surface area (Å²) < 4.78 is 0. The van der Waals surface area contributed by atoms with Crippen LogP contribution >= 0.6 is 0 Å². The van der Waals surface area contributed by atoms with Crippen LogP contribution in [0.15, 0.2) is 0 Å². The largest absolute Gasteiger partial charge is 0.254 e. The lowest BCUT2D eigenvalue weighted by atomic mass is 9.77. The van der Waals surface area contributed by atoms with E-state index in [0.29, 0.717) is 12.1 Å². The number of hydrogen-bond donors (Lipinski definition) is 2. The van der Waals surface area contributed by atoms with Gasteiger partial charge in [-0.2, -0.15) is 0 Å². The van der Waals surface area contributed by atoms with Crippen LogP contribution < -0.4 is 10.9 Å². The Kier molecular flexibility index (Phi) is 6.35. The molecule has 2 heteroatoms. The average molecular weight is 280 g/mol. The molecule has 0 spiro atoms. The molecule has 0 amide bonds. The Morgan fingerprint density at radius 3 is 1.40 bits per heavy atom. The summed E-state index contributed by atoms with van der Waals surface area (Å²) in [6, 6.07) is 1.38. The van der Waals surface area contributed by atoms with E-state index in [2.05, 4.69) is 38.5 Å². The summed E-state index contributed by atoms with van der Waals surface area (Å²) in [7, 11) is 0. The Labute approximate surface area is 126 Å². The van der Waals surface area contributed by atoms with E-state index in [4.69, 9.17) is 0 Å².